The number of halogens is 1. The largest absolute Gasteiger partial charge is 0.496 e. The van der Waals surface area contributed by atoms with Crippen molar-refractivity contribution in [3.63, 3.8) is 0 Å². The third-order valence-electron chi connectivity index (χ3n) is 2.53. The van der Waals surface area contributed by atoms with Gasteiger partial charge in [-0.1, -0.05) is 13.3 Å². The van der Waals surface area contributed by atoms with E-state index in [4.69, 9.17) is 4.74 Å². The van der Waals surface area contributed by atoms with Crippen molar-refractivity contribution in [1.29, 1.82) is 0 Å². The zero-order chi connectivity index (χ0) is 13.5. The van der Waals surface area contributed by atoms with Crippen LogP contribution in [0.1, 0.15) is 30.1 Å². The third-order valence-corrected chi connectivity index (χ3v) is 3.15. The molecule has 5 heteroatoms. The highest BCUT2D eigenvalue weighted by Gasteiger charge is 2.10. The number of amides is 1. The molecule has 1 atom stereocenters. The zero-order valence-electron chi connectivity index (χ0n) is 10.6. The number of benzene rings is 1. The van der Waals surface area contributed by atoms with Crippen LogP contribution < -0.4 is 10.1 Å². The van der Waals surface area contributed by atoms with E-state index in [1.807, 2.05) is 6.92 Å². The lowest BCUT2D eigenvalue weighted by molar-refractivity contribution is 0.0910. The van der Waals surface area contributed by atoms with E-state index >= 15 is 0 Å². The molecule has 0 fully saturated rings. The maximum atomic E-state index is 11.8. The predicted octanol–water partition coefficient (Wildman–Crippen LogP) is 2.35. The summed E-state index contributed by atoms with van der Waals surface area (Å²) in [6, 6.07) is 5.10. The van der Waals surface area contributed by atoms with Crippen molar-refractivity contribution in [3.8, 4) is 5.75 Å². The van der Waals surface area contributed by atoms with Gasteiger partial charge in [0.15, 0.2) is 0 Å². The maximum absolute atomic E-state index is 11.8. The first-order valence-corrected chi connectivity index (χ1v) is 6.67. The van der Waals surface area contributed by atoms with Gasteiger partial charge in [0.1, 0.15) is 5.75 Å². The monoisotopic (exact) mass is 315 g/mol. The number of carbonyl (C=O) groups is 1. The highest BCUT2D eigenvalue weighted by molar-refractivity contribution is 9.10. The second kappa shape index (κ2) is 7.38. The van der Waals surface area contributed by atoms with Crippen molar-refractivity contribution in [1.82, 2.24) is 5.32 Å². The molecule has 0 saturated carbocycles. The molecule has 2 N–H and O–H groups in total. The minimum atomic E-state index is -0.486. The summed E-state index contributed by atoms with van der Waals surface area (Å²) in [7, 11) is 1.57. The number of ether oxygens (including phenoxy) is 1. The second-order valence-electron chi connectivity index (χ2n) is 4.00. The number of aliphatic hydroxyl groups is 1. The fraction of sp³-hybridized carbons (Fsp3) is 0.462. The van der Waals surface area contributed by atoms with Crippen LogP contribution in [0.3, 0.4) is 0 Å². The Kier molecular flexibility index (Phi) is 6.15. The molecule has 0 aromatic heterocycles. The molecular formula is C13H18BrNO3. The highest BCUT2D eigenvalue weighted by Crippen LogP contribution is 2.25. The van der Waals surface area contributed by atoms with Gasteiger partial charge < -0.3 is 15.2 Å². The van der Waals surface area contributed by atoms with Crippen molar-refractivity contribution in [2.75, 3.05) is 13.7 Å². The summed E-state index contributed by atoms with van der Waals surface area (Å²) in [5.74, 6) is 0.478. The van der Waals surface area contributed by atoms with E-state index in [0.29, 0.717) is 17.7 Å². The summed E-state index contributed by atoms with van der Waals surface area (Å²) in [5, 5.41) is 12.2. The molecule has 1 unspecified atom stereocenters. The lowest BCUT2D eigenvalue weighted by Crippen LogP contribution is -2.31. The molecule has 0 saturated heterocycles. The molecule has 1 aromatic rings. The van der Waals surface area contributed by atoms with Crippen LogP contribution in [0.4, 0.5) is 0 Å². The average Bonchev–Trinajstić information content (AvgIpc) is 2.36. The number of carbonyl (C=O) groups excluding carboxylic acids is 1. The van der Waals surface area contributed by atoms with Gasteiger partial charge >= 0.3 is 0 Å². The molecule has 0 aliphatic rings. The van der Waals surface area contributed by atoms with E-state index in [0.717, 1.165) is 10.9 Å². The van der Waals surface area contributed by atoms with Gasteiger partial charge in [0.2, 0.25) is 0 Å². The Morgan fingerprint density at radius 1 is 1.56 bits per heavy atom. The minimum Gasteiger partial charge on any atom is -0.496 e. The number of hydrogen-bond donors (Lipinski definition) is 2. The zero-order valence-corrected chi connectivity index (χ0v) is 12.2. The van der Waals surface area contributed by atoms with Gasteiger partial charge in [0, 0.05) is 12.1 Å². The summed E-state index contributed by atoms with van der Waals surface area (Å²) in [6.45, 7) is 2.27. The van der Waals surface area contributed by atoms with Gasteiger partial charge in [-0.05, 0) is 40.5 Å². The Hall–Kier alpha value is -1.07. The van der Waals surface area contributed by atoms with Gasteiger partial charge in [0.05, 0.1) is 17.7 Å². The fourth-order valence-corrected chi connectivity index (χ4v) is 2.10. The van der Waals surface area contributed by atoms with Crippen LogP contribution in [0.15, 0.2) is 22.7 Å². The normalized spacial score (nSPS) is 12.0. The van der Waals surface area contributed by atoms with E-state index in [2.05, 4.69) is 21.2 Å². The van der Waals surface area contributed by atoms with Crippen molar-refractivity contribution in [2.45, 2.75) is 25.9 Å². The third kappa shape index (κ3) is 4.31. The van der Waals surface area contributed by atoms with E-state index in [9.17, 15) is 9.90 Å². The predicted molar refractivity (Wildman–Crippen MR) is 73.9 cm³/mol. The summed E-state index contributed by atoms with van der Waals surface area (Å²) in [6.07, 6.45) is 1.10. The van der Waals surface area contributed by atoms with Crippen LogP contribution in [0.25, 0.3) is 0 Å². The molecule has 4 nitrogen and oxygen atoms in total. The Balaban J connectivity index is 2.59. The molecule has 0 aliphatic heterocycles. The summed E-state index contributed by atoms with van der Waals surface area (Å²) >= 11 is 3.33. The van der Waals surface area contributed by atoms with Crippen LogP contribution in [-0.4, -0.2) is 30.8 Å². The van der Waals surface area contributed by atoms with Crippen molar-refractivity contribution in [3.05, 3.63) is 28.2 Å². The SMILES string of the molecule is CCCC(O)CNC(=O)c1ccc(OC)c(Br)c1. The Labute approximate surface area is 115 Å². The number of methoxy groups -OCH3 is 1. The number of rotatable bonds is 6. The number of hydrogen-bond acceptors (Lipinski definition) is 3. The van der Waals surface area contributed by atoms with Crippen LogP contribution in [-0.2, 0) is 0 Å². The topological polar surface area (TPSA) is 58.6 Å². The van der Waals surface area contributed by atoms with Gasteiger partial charge in [-0.3, -0.25) is 4.79 Å². The molecule has 100 valence electrons. The van der Waals surface area contributed by atoms with Gasteiger partial charge in [-0.15, -0.1) is 0 Å². The van der Waals surface area contributed by atoms with Gasteiger partial charge in [-0.25, -0.2) is 0 Å². The number of aliphatic hydroxyl groups excluding tert-OH is 1. The van der Waals surface area contributed by atoms with Crippen molar-refractivity contribution in [2.24, 2.45) is 0 Å². The van der Waals surface area contributed by atoms with Crippen LogP contribution in [0.2, 0.25) is 0 Å². The Morgan fingerprint density at radius 2 is 2.28 bits per heavy atom. The molecule has 0 aliphatic carbocycles. The summed E-state index contributed by atoms with van der Waals surface area (Å²) in [4.78, 5) is 11.8. The Morgan fingerprint density at radius 3 is 2.83 bits per heavy atom. The second-order valence-corrected chi connectivity index (χ2v) is 4.86. The first-order valence-electron chi connectivity index (χ1n) is 5.88. The molecule has 0 spiro atoms. The molecule has 0 bridgehead atoms. The molecule has 0 radical (unpaired) electrons. The first-order chi connectivity index (χ1) is 8.58. The van der Waals surface area contributed by atoms with Gasteiger partial charge in [0.25, 0.3) is 5.91 Å². The van der Waals surface area contributed by atoms with Crippen molar-refractivity contribution < 1.29 is 14.6 Å². The molecule has 18 heavy (non-hydrogen) atoms. The maximum Gasteiger partial charge on any atom is 0.251 e. The van der Waals surface area contributed by atoms with Crippen LogP contribution in [0.5, 0.6) is 5.75 Å². The lowest BCUT2D eigenvalue weighted by Gasteiger charge is -2.11. The fourth-order valence-electron chi connectivity index (χ4n) is 1.56. The Bertz CT molecular complexity index is 409. The molecule has 1 rings (SSSR count). The standard InChI is InChI=1S/C13H18BrNO3/c1-3-4-10(16)8-15-13(17)9-5-6-12(18-2)11(14)7-9/h5-7,10,16H,3-4,8H2,1-2H3,(H,15,17). The number of nitrogens with one attached hydrogen (secondary N) is 1. The summed E-state index contributed by atoms with van der Waals surface area (Å²) < 4.78 is 5.82. The van der Waals surface area contributed by atoms with E-state index in [1.54, 1.807) is 25.3 Å². The van der Waals surface area contributed by atoms with E-state index in [-0.39, 0.29) is 12.5 Å². The highest BCUT2D eigenvalue weighted by atomic mass is 79.9. The van der Waals surface area contributed by atoms with Crippen molar-refractivity contribution >= 4 is 21.8 Å². The first kappa shape index (κ1) is 15.0. The van der Waals surface area contributed by atoms with E-state index < -0.39 is 6.10 Å². The average molecular weight is 316 g/mol. The quantitative estimate of drug-likeness (QED) is 0.847. The molecule has 1 amide bonds. The molecular weight excluding hydrogens is 298 g/mol. The minimum absolute atomic E-state index is 0.200. The summed E-state index contributed by atoms with van der Waals surface area (Å²) in [5.41, 5.74) is 0.534. The molecule has 0 heterocycles. The smallest absolute Gasteiger partial charge is 0.251 e. The molecule has 1 aromatic carbocycles. The van der Waals surface area contributed by atoms with Crippen LogP contribution >= 0.6 is 15.9 Å². The van der Waals surface area contributed by atoms with Crippen LogP contribution in [0, 0.1) is 0 Å². The van der Waals surface area contributed by atoms with E-state index in [1.165, 1.54) is 0 Å². The lowest BCUT2D eigenvalue weighted by atomic mass is 10.2. The van der Waals surface area contributed by atoms with Gasteiger partial charge in [-0.2, -0.15) is 0 Å².